The third-order valence-corrected chi connectivity index (χ3v) is 4.95. The van der Waals surface area contributed by atoms with Gasteiger partial charge in [0.05, 0.1) is 31.2 Å². The summed E-state index contributed by atoms with van der Waals surface area (Å²) < 4.78 is 11.6. The number of furan rings is 2. The van der Waals surface area contributed by atoms with Gasteiger partial charge in [-0.1, -0.05) is 0 Å². The van der Waals surface area contributed by atoms with Crippen LogP contribution in [0.4, 0.5) is 5.13 Å². The third kappa shape index (κ3) is 5.14. The number of carbonyl (C=O) groups excluding carboxylic acids is 2. The maximum Gasteiger partial charge on any atom is 0.293 e. The summed E-state index contributed by atoms with van der Waals surface area (Å²) in [5, 5.41) is 11.7. The highest BCUT2D eigenvalue weighted by atomic mass is 32.1. The summed E-state index contributed by atoms with van der Waals surface area (Å²) >= 11 is 1.21. The molecule has 4 aromatic heterocycles. The van der Waals surface area contributed by atoms with Crippen LogP contribution in [-0.2, 0) is 17.8 Å². The predicted molar refractivity (Wildman–Crippen MR) is 112 cm³/mol. The monoisotopic (exact) mass is 439 g/mol. The summed E-state index contributed by atoms with van der Waals surface area (Å²) in [6.07, 6.45) is 2.98. The average molecular weight is 439 g/mol. The highest BCUT2D eigenvalue weighted by molar-refractivity contribution is 7.14. The second-order valence-electron chi connectivity index (χ2n) is 6.36. The molecule has 0 aromatic carbocycles. The minimum absolute atomic E-state index is 0.0435. The van der Waals surface area contributed by atoms with Gasteiger partial charge in [0.1, 0.15) is 5.69 Å². The first-order valence-corrected chi connectivity index (χ1v) is 10.1. The molecule has 0 bridgehead atoms. The Bertz CT molecular complexity index is 1230. The number of hydrogen-bond donors (Lipinski definition) is 2. The van der Waals surface area contributed by atoms with Crippen LogP contribution in [-0.4, -0.2) is 33.1 Å². The Labute approximate surface area is 179 Å². The molecule has 0 unspecified atom stereocenters. The van der Waals surface area contributed by atoms with E-state index in [9.17, 15) is 14.4 Å². The molecule has 11 heteroatoms. The van der Waals surface area contributed by atoms with Gasteiger partial charge in [-0.05, 0) is 30.3 Å². The molecule has 0 fully saturated rings. The van der Waals surface area contributed by atoms with E-state index in [4.69, 9.17) is 8.83 Å². The van der Waals surface area contributed by atoms with Crippen molar-refractivity contribution < 1.29 is 18.4 Å². The standard InChI is InChI=1S/C20H17N5O5S/c26-17(11-13-12-31-20(22-13)23-19(28)16-4-2-10-30-16)21-7-8-25-18(27)6-5-14(24-25)15-3-1-9-29-15/h1-6,9-10,12H,7-8,11H2,(H,21,26)(H,22,23,28). The van der Waals surface area contributed by atoms with E-state index in [0.717, 1.165) is 0 Å². The molecule has 4 rings (SSSR count). The Morgan fingerprint density at radius 2 is 1.94 bits per heavy atom. The van der Waals surface area contributed by atoms with Crippen molar-refractivity contribution in [2.45, 2.75) is 13.0 Å². The van der Waals surface area contributed by atoms with E-state index in [1.807, 2.05) is 0 Å². The fourth-order valence-electron chi connectivity index (χ4n) is 2.71. The SMILES string of the molecule is O=C(Cc1csc(NC(=O)c2ccco2)n1)NCCn1nc(-c2ccco2)ccc1=O. The normalized spacial score (nSPS) is 10.7. The van der Waals surface area contributed by atoms with Gasteiger partial charge in [0.25, 0.3) is 11.5 Å². The molecule has 31 heavy (non-hydrogen) atoms. The fraction of sp³-hybridized carbons (Fsp3) is 0.150. The lowest BCUT2D eigenvalue weighted by molar-refractivity contribution is -0.120. The van der Waals surface area contributed by atoms with Gasteiger partial charge in [-0.3, -0.25) is 19.7 Å². The molecule has 0 aliphatic rings. The zero-order valence-corrected chi connectivity index (χ0v) is 16.9. The van der Waals surface area contributed by atoms with Gasteiger partial charge < -0.3 is 14.2 Å². The van der Waals surface area contributed by atoms with E-state index in [-0.39, 0.29) is 36.7 Å². The first-order chi connectivity index (χ1) is 15.1. The molecule has 0 aliphatic carbocycles. The second-order valence-corrected chi connectivity index (χ2v) is 7.22. The van der Waals surface area contributed by atoms with Crippen LogP contribution in [0.3, 0.4) is 0 Å². The summed E-state index contributed by atoms with van der Waals surface area (Å²) in [7, 11) is 0. The van der Waals surface area contributed by atoms with Crippen LogP contribution in [0.1, 0.15) is 16.2 Å². The maximum absolute atomic E-state index is 12.2. The van der Waals surface area contributed by atoms with Crippen molar-refractivity contribution in [3.63, 3.8) is 0 Å². The van der Waals surface area contributed by atoms with Gasteiger partial charge in [0.2, 0.25) is 5.91 Å². The van der Waals surface area contributed by atoms with Crippen molar-refractivity contribution in [3.05, 3.63) is 76.1 Å². The molecule has 10 nitrogen and oxygen atoms in total. The average Bonchev–Trinajstić information content (AvgIpc) is 3.52. The van der Waals surface area contributed by atoms with Gasteiger partial charge >= 0.3 is 0 Å². The highest BCUT2D eigenvalue weighted by Gasteiger charge is 2.13. The number of hydrogen-bond acceptors (Lipinski definition) is 8. The van der Waals surface area contributed by atoms with Gasteiger partial charge in [-0.2, -0.15) is 5.10 Å². The number of rotatable bonds is 8. The fourth-order valence-corrected chi connectivity index (χ4v) is 3.41. The van der Waals surface area contributed by atoms with Crippen LogP contribution in [0.15, 0.2) is 67.9 Å². The zero-order chi connectivity index (χ0) is 21.6. The van der Waals surface area contributed by atoms with Gasteiger partial charge in [-0.25, -0.2) is 9.67 Å². The molecule has 0 atom stereocenters. The topological polar surface area (TPSA) is 132 Å². The van der Waals surface area contributed by atoms with Gasteiger partial charge in [-0.15, -0.1) is 11.3 Å². The number of nitrogens with one attached hydrogen (secondary N) is 2. The Hall–Kier alpha value is -3.99. The van der Waals surface area contributed by atoms with E-state index in [2.05, 4.69) is 20.7 Å². The Morgan fingerprint density at radius 1 is 1.10 bits per heavy atom. The highest BCUT2D eigenvalue weighted by Crippen LogP contribution is 2.17. The van der Waals surface area contributed by atoms with Crippen molar-refractivity contribution in [3.8, 4) is 11.5 Å². The molecule has 158 valence electrons. The number of anilines is 1. The molecular weight excluding hydrogens is 422 g/mol. The van der Waals surface area contributed by atoms with Gasteiger partial charge in [0, 0.05) is 18.0 Å². The third-order valence-electron chi connectivity index (χ3n) is 4.14. The molecule has 0 saturated heterocycles. The summed E-state index contributed by atoms with van der Waals surface area (Å²) in [6.45, 7) is 0.431. The smallest absolute Gasteiger partial charge is 0.293 e. The molecule has 2 amide bonds. The van der Waals surface area contributed by atoms with Crippen LogP contribution < -0.4 is 16.2 Å². The molecule has 4 heterocycles. The molecule has 2 N–H and O–H groups in total. The largest absolute Gasteiger partial charge is 0.463 e. The van der Waals surface area contributed by atoms with Gasteiger partial charge in [0.15, 0.2) is 16.7 Å². The van der Waals surface area contributed by atoms with E-state index >= 15 is 0 Å². The lowest BCUT2D eigenvalue weighted by Crippen LogP contribution is -2.32. The second kappa shape index (κ2) is 9.22. The minimum Gasteiger partial charge on any atom is -0.463 e. The minimum atomic E-state index is -0.412. The van der Waals surface area contributed by atoms with Crippen LogP contribution >= 0.6 is 11.3 Å². The molecule has 0 radical (unpaired) electrons. The molecule has 0 saturated carbocycles. The predicted octanol–water partition coefficient (Wildman–Crippen LogP) is 2.16. The Balaban J connectivity index is 1.27. The van der Waals surface area contributed by atoms with Crippen molar-refractivity contribution >= 4 is 28.3 Å². The van der Waals surface area contributed by atoms with Crippen molar-refractivity contribution in [2.24, 2.45) is 0 Å². The summed E-state index contributed by atoms with van der Waals surface area (Å²) in [5.41, 5.74) is 0.774. The number of aromatic nitrogens is 3. The summed E-state index contributed by atoms with van der Waals surface area (Å²) in [6, 6.07) is 9.63. The first-order valence-electron chi connectivity index (χ1n) is 9.26. The lowest BCUT2D eigenvalue weighted by atomic mass is 10.3. The molecular formula is C20H17N5O5S. The lowest BCUT2D eigenvalue weighted by Gasteiger charge is -2.07. The maximum atomic E-state index is 12.2. The quantitative estimate of drug-likeness (QED) is 0.430. The Morgan fingerprint density at radius 3 is 2.71 bits per heavy atom. The summed E-state index contributed by atoms with van der Waals surface area (Å²) in [5.74, 6) is 0.0558. The number of carbonyl (C=O) groups is 2. The van der Waals surface area contributed by atoms with Crippen LogP contribution in [0.5, 0.6) is 0 Å². The molecule has 4 aromatic rings. The van der Waals surface area contributed by atoms with Crippen molar-refractivity contribution in [1.29, 1.82) is 0 Å². The molecule has 0 spiro atoms. The summed E-state index contributed by atoms with van der Waals surface area (Å²) in [4.78, 5) is 40.4. The van der Waals surface area contributed by atoms with Crippen molar-refractivity contribution in [1.82, 2.24) is 20.1 Å². The van der Waals surface area contributed by atoms with E-state index in [1.165, 1.54) is 34.6 Å². The first kappa shape index (κ1) is 20.3. The number of nitrogens with zero attached hydrogens (tertiary/aromatic N) is 3. The van der Waals surface area contributed by atoms with Crippen LogP contribution in [0.25, 0.3) is 11.5 Å². The molecule has 0 aliphatic heterocycles. The Kier molecular flexibility index (Phi) is 6.03. The van der Waals surface area contributed by atoms with E-state index < -0.39 is 5.91 Å². The number of thiazole rings is 1. The zero-order valence-electron chi connectivity index (χ0n) is 16.1. The van der Waals surface area contributed by atoms with Crippen LogP contribution in [0.2, 0.25) is 0 Å². The van der Waals surface area contributed by atoms with Crippen molar-refractivity contribution in [2.75, 3.05) is 11.9 Å². The van der Waals surface area contributed by atoms with E-state index in [0.29, 0.717) is 22.3 Å². The number of amides is 2. The van der Waals surface area contributed by atoms with E-state index in [1.54, 1.807) is 35.7 Å². The van der Waals surface area contributed by atoms with Crippen LogP contribution in [0, 0.1) is 0 Å².